The maximum atomic E-state index is 12.8. The van der Waals surface area contributed by atoms with Gasteiger partial charge in [0.2, 0.25) is 11.8 Å². The maximum absolute atomic E-state index is 12.8. The molecule has 2 aliphatic heterocycles. The predicted molar refractivity (Wildman–Crippen MR) is 383 cm³/mol. The highest BCUT2D eigenvalue weighted by Crippen LogP contribution is 2.32. The Hall–Kier alpha value is -8.66. The SMILES string of the molecule is CC(C)(C)OC(=O)N1CCCc2ccc(CCCCCC[C@@H](CC(=O)O)c3cnc(CCC(=O)NCCOCCOCCN=[N+]=[N-])nc3)nc21.CCOC(=O)C[C@H](CCCCCCc1ccc2c(n1)N(C(=O)OC(C)(C)C)CCC2)c1cnc(CCC(=O)NCCOCCOCCN=[N+]=[N-])nc1. The lowest BCUT2D eigenvalue weighted by Gasteiger charge is -2.31. The van der Waals surface area contributed by atoms with E-state index in [0.717, 1.165) is 136 Å². The molecule has 0 fully saturated rings. The monoisotopic (exact) mass is 1420 g/mol. The molecule has 30 nitrogen and oxygen atoms in total. The number of ether oxygens (including phenoxy) is 7. The van der Waals surface area contributed by atoms with Crippen LogP contribution in [-0.2, 0) is 90.9 Å². The van der Waals surface area contributed by atoms with Crippen LogP contribution in [-0.4, -0.2) is 181 Å². The van der Waals surface area contributed by atoms with Crippen molar-refractivity contribution in [3.63, 3.8) is 0 Å². The number of azide groups is 2. The number of aliphatic carboxylic acids is 1. The molecule has 0 bridgehead atoms. The Morgan fingerprint density at radius 3 is 1.34 bits per heavy atom. The number of carboxylic acids is 1. The number of nitrogens with zero attached hydrogens (tertiary/aromatic N) is 14. The fourth-order valence-electron chi connectivity index (χ4n) is 11.2. The molecule has 0 radical (unpaired) electrons. The van der Waals surface area contributed by atoms with Gasteiger partial charge in [0.1, 0.15) is 34.5 Å². The van der Waals surface area contributed by atoms with E-state index < -0.39 is 17.2 Å². The molecule has 4 amide bonds. The first-order valence-corrected chi connectivity index (χ1v) is 36.0. The van der Waals surface area contributed by atoms with Crippen LogP contribution in [0, 0.1) is 0 Å². The average molecular weight is 1420 g/mol. The van der Waals surface area contributed by atoms with Crippen molar-refractivity contribution in [2.75, 3.05) is 109 Å². The number of nitrogens with one attached hydrogen (secondary N) is 2. The molecule has 4 aromatic rings. The zero-order valence-corrected chi connectivity index (χ0v) is 61.0. The Kier molecular flexibility index (Phi) is 39.1. The van der Waals surface area contributed by atoms with Gasteiger partial charge in [0.25, 0.3) is 0 Å². The summed E-state index contributed by atoms with van der Waals surface area (Å²) < 4.78 is 37.8. The van der Waals surface area contributed by atoms with E-state index in [1.807, 2.05) is 47.6 Å². The number of carbonyl (C=O) groups is 6. The first-order valence-electron chi connectivity index (χ1n) is 36.0. The molecule has 560 valence electrons. The average Bonchev–Trinajstić information content (AvgIpc) is 0.808. The highest BCUT2D eigenvalue weighted by atomic mass is 16.6. The quantitative estimate of drug-likeness (QED) is 0.00924. The second kappa shape index (κ2) is 47.5. The van der Waals surface area contributed by atoms with E-state index in [1.54, 1.807) is 41.5 Å². The fourth-order valence-corrected chi connectivity index (χ4v) is 11.2. The van der Waals surface area contributed by atoms with E-state index in [9.17, 15) is 33.9 Å². The predicted octanol–water partition coefficient (Wildman–Crippen LogP) is 11.9. The number of rotatable bonds is 45. The Morgan fingerprint density at radius 1 is 0.549 bits per heavy atom. The summed E-state index contributed by atoms with van der Waals surface area (Å²) in [6, 6.07) is 8.28. The smallest absolute Gasteiger partial charge is 0.416 e. The normalized spacial score (nSPS) is 13.2. The van der Waals surface area contributed by atoms with Crippen LogP contribution >= 0.6 is 0 Å². The molecule has 2 atom stereocenters. The lowest BCUT2D eigenvalue weighted by molar-refractivity contribution is -0.143. The summed E-state index contributed by atoms with van der Waals surface area (Å²) in [6.45, 7) is 18.8. The Bertz CT molecular complexity index is 3290. The van der Waals surface area contributed by atoms with Gasteiger partial charge in [0.15, 0.2) is 0 Å². The molecule has 0 saturated carbocycles. The van der Waals surface area contributed by atoms with Gasteiger partial charge in [-0.15, -0.1) is 0 Å². The standard InChI is InChI=1S/C37H56N8O7.C35H52N8O7/c1-5-51-34(47)25-29(30-26-40-32(41-27-30)16-17-33(46)39-18-21-49-23-24-50-22-19-42-44-38)11-8-6-7-9-13-31-15-14-28-12-10-20-45(35(28)43-31)36(48)52-37(2,3)4;1-35(2,3)50-34(47)43-18-8-10-26-12-13-29(41-33(26)43)11-7-5-4-6-9-27(23-32(45)46)28-24-38-30(39-25-28)14-15-31(44)37-16-19-48-21-22-49-20-17-40-42-36/h14-15,26-27,29H,5-13,16-25H2,1-4H3,(H,39,46);12-13,24-25,27H,4-11,14-23H2,1-3H3,(H,37,44)(H,45,46)/t29-;27-/m00/s1. The number of amides is 4. The second-order valence-electron chi connectivity index (χ2n) is 26.9. The number of carboxylic acid groups (broad SMARTS) is 1. The highest BCUT2D eigenvalue weighted by Gasteiger charge is 2.31. The molecule has 102 heavy (non-hydrogen) atoms. The van der Waals surface area contributed by atoms with E-state index in [0.29, 0.717) is 122 Å². The molecule has 0 aliphatic carbocycles. The fraction of sp³-hybridized carbons (Fsp3) is 0.667. The molecule has 4 aromatic heterocycles. The number of anilines is 2. The lowest BCUT2D eigenvalue weighted by Crippen LogP contribution is -2.40. The lowest BCUT2D eigenvalue weighted by atomic mass is 9.92. The summed E-state index contributed by atoms with van der Waals surface area (Å²) in [4.78, 5) is 110. The number of esters is 1. The molecule has 30 heteroatoms. The van der Waals surface area contributed by atoms with Gasteiger partial charge in [0, 0.05) is 111 Å². The molecule has 0 aromatic carbocycles. The molecule has 0 saturated heterocycles. The molecule has 3 N–H and O–H groups in total. The van der Waals surface area contributed by atoms with Crippen LogP contribution in [0.25, 0.3) is 20.9 Å². The first kappa shape index (κ1) is 84.0. The minimum absolute atomic E-state index is 0.00223. The minimum atomic E-state index is -0.864. The third-order valence-electron chi connectivity index (χ3n) is 16.3. The molecular weight excluding hydrogens is 1310 g/mol. The molecule has 2 aliphatic rings. The van der Waals surface area contributed by atoms with Crippen molar-refractivity contribution in [1.82, 2.24) is 40.5 Å². The number of pyridine rings is 2. The Balaban J connectivity index is 0.000000367. The van der Waals surface area contributed by atoms with Crippen molar-refractivity contribution < 1.29 is 67.0 Å². The van der Waals surface area contributed by atoms with Crippen molar-refractivity contribution in [2.24, 2.45) is 10.2 Å². The third-order valence-corrected chi connectivity index (χ3v) is 16.3. The summed E-state index contributed by atoms with van der Waals surface area (Å²) >= 11 is 0. The number of hydrogen-bond donors (Lipinski definition) is 3. The zero-order chi connectivity index (χ0) is 73.8. The second-order valence-corrected chi connectivity index (χ2v) is 26.9. The topological polar surface area (TPSA) is 393 Å². The Morgan fingerprint density at radius 2 is 0.951 bits per heavy atom. The number of carbonyl (C=O) groups excluding carboxylic acids is 5. The molecule has 6 rings (SSSR count). The summed E-state index contributed by atoms with van der Waals surface area (Å²) in [5, 5.41) is 21.9. The van der Waals surface area contributed by atoms with E-state index in [1.165, 1.54) is 0 Å². The van der Waals surface area contributed by atoms with E-state index in [4.69, 9.17) is 54.2 Å². The van der Waals surface area contributed by atoms with Gasteiger partial charge in [-0.05, 0) is 170 Å². The van der Waals surface area contributed by atoms with Crippen LogP contribution in [0.5, 0.6) is 0 Å². The van der Waals surface area contributed by atoms with Crippen LogP contribution in [0.1, 0.15) is 208 Å². The van der Waals surface area contributed by atoms with Crippen LogP contribution < -0.4 is 20.4 Å². The molecule has 0 spiro atoms. The molecule has 6 heterocycles. The highest BCUT2D eigenvalue weighted by molar-refractivity contribution is 5.89. The van der Waals surface area contributed by atoms with Gasteiger partial charge in [-0.1, -0.05) is 60.9 Å². The summed E-state index contributed by atoms with van der Waals surface area (Å²) in [5.41, 5.74) is 21.0. The van der Waals surface area contributed by atoms with Gasteiger partial charge < -0.3 is 48.9 Å². The largest absolute Gasteiger partial charge is 0.481 e. The number of aromatic nitrogens is 6. The maximum Gasteiger partial charge on any atom is 0.416 e. The van der Waals surface area contributed by atoms with Crippen LogP contribution in [0.3, 0.4) is 0 Å². The van der Waals surface area contributed by atoms with Gasteiger partial charge in [-0.25, -0.2) is 39.5 Å². The Labute approximate surface area is 599 Å². The van der Waals surface area contributed by atoms with Crippen molar-refractivity contribution in [2.45, 2.75) is 213 Å². The van der Waals surface area contributed by atoms with Gasteiger partial charge in [-0.2, -0.15) is 0 Å². The van der Waals surface area contributed by atoms with Gasteiger partial charge >= 0.3 is 24.1 Å². The first-order chi connectivity index (χ1) is 49.1. The van der Waals surface area contributed by atoms with Crippen molar-refractivity contribution in [1.29, 1.82) is 0 Å². The van der Waals surface area contributed by atoms with Crippen molar-refractivity contribution >= 4 is 47.6 Å². The zero-order valence-electron chi connectivity index (χ0n) is 61.0. The number of aryl methyl sites for hydroxylation is 6. The van der Waals surface area contributed by atoms with E-state index in [-0.39, 0.29) is 80.6 Å². The van der Waals surface area contributed by atoms with Gasteiger partial charge in [0.05, 0.1) is 72.3 Å². The summed E-state index contributed by atoms with van der Waals surface area (Å²) in [7, 11) is 0. The van der Waals surface area contributed by atoms with E-state index in [2.05, 4.69) is 68.8 Å². The third kappa shape index (κ3) is 34.8. The van der Waals surface area contributed by atoms with Crippen LogP contribution in [0.4, 0.5) is 21.2 Å². The minimum Gasteiger partial charge on any atom is -0.481 e. The number of unbranched alkanes of at least 4 members (excludes halogenated alkanes) is 6. The number of hydrogen-bond acceptors (Lipinski definition) is 21. The van der Waals surface area contributed by atoms with Crippen LogP contribution in [0.2, 0.25) is 0 Å². The summed E-state index contributed by atoms with van der Waals surface area (Å²) in [5.74, 6) is 0.898. The van der Waals surface area contributed by atoms with Crippen LogP contribution in [0.15, 0.2) is 59.3 Å². The summed E-state index contributed by atoms with van der Waals surface area (Å²) in [6.07, 6.45) is 22.0. The molecule has 0 unspecified atom stereocenters. The van der Waals surface area contributed by atoms with Gasteiger partial charge in [-0.3, -0.25) is 29.0 Å². The van der Waals surface area contributed by atoms with Crippen molar-refractivity contribution in [3.05, 3.63) is 115 Å². The van der Waals surface area contributed by atoms with E-state index >= 15 is 0 Å². The number of fused-ring (bicyclic) bond motifs is 2. The van der Waals surface area contributed by atoms with Crippen molar-refractivity contribution in [3.8, 4) is 0 Å². The molecular formula is C72H108N16O14.